The topological polar surface area (TPSA) is 42.7 Å². The SMILES string of the molecule is CCNC1CCC(c2c(Br)nnn2C)C1C. The highest BCUT2D eigenvalue weighted by Crippen LogP contribution is 2.41. The molecule has 0 bridgehead atoms. The van der Waals surface area contributed by atoms with Crippen LogP contribution >= 0.6 is 15.9 Å². The van der Waals surface area contributed by atoms with Crippen molar-refractivity contribution in [3.8, 4) is 0 Å². The van der Waals surface area contributed by atoms with Gasteiger partial charge in [-0.2, -0.15) is 0 Å². The van der Waals surface area contributed by atoms with Crippen LogP contribution in [0.3, 0.4) is 0 Å². The largest absolute Gasteiger partial charge is 0.314 e. The Kier molecular flexibility index (Phi) is 3.64. The number of aryl methyl sites for hydroxylation is 1. The van der Waals surface area contributed by atoms with E-state index in [0.717, 1.165) is 11.1 Å². The second kappa shape index (κ2) is 4.84. The summed E-state index contributed by atoms with van der Waals surface area (Å²) in [6.07, 6.45) is 2.47. The fourth-order valence-electron chi connectivity index (χ4n) is 2.83. The second-order valence-corrected chi connectivity index (χ2v) is 5.35. The first kappa shape index (κ1) is 12.0. The molecule has 0 spiro atoms. The molecule has 0 aromatic carbocycles. The van der Waals surface area contributed by atoms with Crippen molar-refractivity contribution in [1.82, 2.24) is 20.3 Å². The van der Waals surface area contributed by atoms with Crippen molar-refractivity contribution in [2.24, 2.45) is 13.0 Å². The summed E-state index contributed by atoms with van der Waals surface area (Å²) >= 11 is 3.50. The minimum absolute atomic E-state index is 0.568. The summed E-state index contributed by atoms with van der Waals surface area (Å²) in [7, 11) is 1.97. The maximum absolute atomic E-state index is 4.08. The molecule has 4 nitrogen and oxygen atoms in total. The number of halogens is 1. The molecule has 3 atom stereocenters. The Morgan fingerprint density at radius 3 is 2.81 bits per heavy atom. The van der Waals surface area contributed by atoms with Crippen LogP contribution in [-0.4, -0.2) is 27.6 Å². The molecule has 1 aliphatic rings. The van der Waals surface area contributed by atoms with E-state index in [9.17, 15) is 0 Å². The number of hydrogen-bond donors (Lipinski definition) is 1. The summed E-state index contributed by atoms with van der Waals surface area (Å²) < 4.78 is 2.81. The van der Waals surface area contributed by atoms with Gasteiger partial charge in [0.1, 0.15) is 0 Å². The molecule has 2 rings (SSSR count). The van der Waals surface area contributed by atoms with Crippen LogP contribution < -0.4 is 5.32 Å². The molecule has 5 heteroatoms. The van der Waals surface area contributed by atoms with Gasteiger partial charge in [-0.05, 0) is 41.2 Å². The lowest BCUT2D eigenvalue weighted by molar-refractivity contribution is 0.401. The molecular formula is C11H19BrN4. The van der Waals surface area contributed by atoms with Crippen molar-refractivity contribution in [2.45, 2.75) is 38.6 Å². The maximum Gasteiger partial charge on any atom is 0.151 e. The molecule has 1 aliphatic carbocycles. The van der Waals surface area contributed by atoms with Gasteiger partial charge in [0.05, 0.1) is 5.69 Å². The lowest BCUT2D eigenvalue weighted by Gasteiger charge is -2.21. The van der Waals surface area contributed by atoms with Gasteiger partial charge in [0.2, 0.25) is 0 Å². The Morgan fingerprint density at radius 2 is 2.25 bits per heavy atom. The lowest BCUT2D eigenvalue weighted by Crippen LogP contribution is -2.32. The summed E-state index contributed by atoms with van der Waals surface area (Å²) in [5, 5.41) is 11.7. The van der Waals surface area contributed by atoms with E-state index in [-0.39, 0.29) is 0 Å². The van der Waals surface area contributed by atoms with Crippen molar-refractivity contribution in [1.29, 1.82) is 0 Å². The molecule has 1 fully saturated rings. The van der Waals surface area contributed by atoms with E-state index in [4.69, 9.17) is 0 Å². The predicted molar refractivity (Wildman–Crippen MR) is 67.3 cm³/mol. The third kappa shape index (κ3) is 2.02. The summed E-state index contributed by atoms with van der Waals surface area (Å²) in [5.41, 5.74) is 1.24. The number of nitrogens with zero attached hydrogens (tertiary/aromatic N) is 3. The molecule has 0 radical (unpaired) electrons. The highest BCUT2D eigenvalue weighted by Gasteiger charge is 2.36. The van der Waals surface area contributed by atoms with Gasteiger partial charge in [-0.3, -0.25) is 4.68 Å². The zero-order chi connectivity index (χ0) is 11.7. The van der Waals surface area contributed by atoms with Crippen molar-refractivity contribution < 1.29 is 0 Å². The van der Waals surface area contributed by atoms with E-state index >= 15 is 0 Å². The van der Waals surface area contributed by atoms with Crippen LogP contribution in [-0.2, 0) is 7.05 Å². The zero-order valence-corrected chi connectivity index (χ0v) is 11.7. The van der Waals surface area contributed by atoms with Crippen molar-refractivity contribution in [3.05, 3.63) is 10.3 Å². The molecule has 90 valence electrons. The Hall–Kier alpha value is -0.420. The number of rotatable bonds is 3. The molecule has 1 saturated carbocycles. The number of hydrogen-bond acceptors (Lipinski definition) is 3. The number of aromatic nitrogens is 3. The van der Waals surface area contributed by atoms with Gasteiger partial charge in [0.25, 0.3) is 0 Å². The average Bonchev–Trinajstić information content (AvgIpc) is 2.75. The molecule has 0 aliphatic heterocycles. The van der Waals surface area contributed by atoms with Gasteiger partial charge in [0, 0.05) is 19.0 Å². The van der Waals surface area contributed by atoms with E-state index < -0.39 is 0 Å². The zero-order valence-electron chi connectivity index (χ0n) is 10.1. The van der Waals surface area contributed by atoms with Crippen LogP contribution in [0.1, 0.15) is 38.3 Å². The molecule has 1 heterocycles. The van der Waals surface area contributed by atoms with Crippen LogP contribution in [0.15, 0.2) is 4.60 Å². The summed E-state index contributed by atoms with van der Waals surface area (Å²) in [6, 6.07) is 0.636. The fourth-order valence-corrected chi connectivity index (χ4v) is 3.46. The van der Waals surface area contributed by atoms with E-state index in [1.807, 2.05) is 11.7 Å². The molecule has 1 aromatic heterocycles. The number of nitrogens with one attached hydrogen (secondary N) is 1. The van der Waals surface area contributed by atoms with Crippen molar-refractivity contribution in [2.75, 3.05) is 6.54 Å². The average molecular weight is 287 g/mol. The molecule has 16 heavy (non-hydrogen) atoms. The maximum atomic E-state index is 4.08. The first-order valence-electron chi connectivity index (χ1n) is 5.93. The van der Waals surface area contributed by atoms with Crippen molar-refractivity contribution >= 4 is 15.9 Å². The van der Waals surface area contributed by atoms with Gasteiger partial charge < -0.3 is 5.32 Å². The molecule has 0 saturated heterocycles. The first-order valence-corrected chi connectivity index (χ1v) is 6.72. The quantitative estimate of drug-likeness (QED) is 0.925. The van der Waals surface area contributed by atoms with Crippen LogP contribution in [0.2, 0.25) is 0 Å². The van der Waals surface area contributed by atoms with E-state index in [1.54, 1.807) is 0 Å². The Labute approximate surface area is 105 Å². The summed E-state index contributed by atoms with van der Waals surface area (Å²) in [4.78, 5) is 0. The third-order valence-corrected chi connectivity index (χ3v) is 4.27. The Balaban J connectivity index is 2.18. The predicted octanol–water partition coefficient (Wildman–Crippen LogP) is 2.07. The Bertz CT molecular complexity index is 343. The highest BCUT2D eigenvalue weighted by atomic mass is 79.9. The Morgan fingerprint density at radius 1 is 1.50 bits per heavy atom. The highest BCUT2D eigenvalue weighted by molar-refractivity contribution is 9.10. The molecule has 0 amide bonds. The van der Waals surface area contributed by atoms with Gasteiger partial charge in [-0.1, -0.05) is 19.1 Å². The summed E-state index contributed by atoms with van der Waals surface area (Å²) in [6.45, 7) is 5.54. The fraction of sp³-hybridized carbons (Fsp3) is 0.818. The molecule has 1 N–H and O–H groups in total. The van der Waals surface area contributed by atoms with Gasteiger partial charge in [0.15, 0.2) is 4.60 Å². The van der Waals surface area contributed by atoms with Crippen LogP contribution in [0.4, 0.5) is 0 Å². The van der Waals surface area contributed by atoms with Gasteiger partial charge in [-0.15, -0.1) is 5.10 Å². The van der Waals surface area contributed by atoms with E-state index in [1.165, 1.54) is 18.5 Å². The van der Waals surface area contributed by atoms with E-state index in [2.05, 4.69) is 45.4 Å². The lowest BCUT2D eigenvalue weighted by atomic mass is 9.93. The van der Waals surface area contributed by atoms with Crippen molar-refractivity contribution in [3.63, 3.8) is 0 Å². The normalized spacial score (nSPS) is 29.9. The first-order chi connectivity index (χ1) is 7.65. The molecule has 3 unspecified atom stereocenters. The van der Waals surface area contributed by atoms with E-state index in [0.29, 0.717) is 17.9 Å². The molecule has 1 aromatic rings. The standard InChI is InChI=1S/C11H19BrN4/c1-4-13-9-6-5-8(7(9)2)10-11(12)14-15-16(10)3/h7-9,13H,4-6H2,1-3H3. The minimum atomic E-state index is 0.568. The monoisotopic (exact) mass is 286 g/mol. The second-order valence-electron chi connectivity index (χ2n) is 4.60. The third-order valence-electron chi connectivity index (χ3n) is 3.70. The minimum Gasteiger partial charge on any atom is -0.314 e. The molecular weight excluding hydrogens is 268 g/mol. The van der Waals surface area contributed by atoms with Crippen LogP contribution in [0.5, 0.6) is 0 Å². The van der Waals surface area contributed by atoms with Crippen LogP contribution in [0.25, 0.3) is 0 Å². The van der Waals surface area contributed by atoms with Gasteiger partial charge >= 0.3 is 0 Å². The summed E-state index contributed by atoms with van der Waals surface area (Å²) in [5.74, 6) is 1.21. The smallest absolute Gasteiger partial charge is 0.151 e. The van der Waals surface area contributed by atoms with Gasteiger partial charge in [-0.25, -0.2) is 0 Å². The van der Waals surface area contributed by atoms with Crippen LogP contribution in [0, 0.1) is 5.92 Å².